The average Bonchev–Trinajstić information content (AvgIpc) is 2.23. The van der Waals surface area contributed by atoms with Gasteiger partial charge in [-0.2, -0.15) is 0 Å². The highest BCUT2D eigenvalue weighted by Crippen LogP contribution is 2.53. The number of amides is 1. The lowest BCUT2D eigenvalue weighted by atomic mass is 9.54. The van der Waals surface area contributed by atoms with Crippen LogP contribution in [0.5, 0.6) is 0 Å². The molecule has 16 heavy (non-hydrogen) atoms. The van der Waals surface area contributed by atoms with E-state index < -0.39 is 0 Å². The van der Waals surface area contributed by atoms with E-state index in [0.717, 1.165) is 23.7 Å². The van der Waals surface area contributed by atoms with Crippen molar-refractivity contribution >= 4 is 5.91 Å². The molecule has 3 heteroatoms. The summed E-state index contributed by atoms with van der Waals surface area (Å²) in [6.45, 7) is 0.461. The minimum absolute atomic E-state index is 0.181. The number of hydrogen-bond acceptors (Lipinski definition) is 2. The van der Waals surface area contributed by atoms with Gasteiger partial charge in [-0.1, -0.05) is 0 Å². The molecule has 4 bridgehead atoms. The molecule has 0 saturated heterocycles. The van der Waals surface area contributed by atoms with Crippen LogP contribution in [-0.4, -0.2) is 25.5 Å². The average molecular weight is 222 g/mol. The van der Waals surface area contributed by atoms with Crippen LogP contribution in [0.1, 0.15) is 32.1 Å². The molecule has 1 amide bonds. The van der Waals surface area contributed by atoms with Crippen LogP contribution in [0.2, 0.25) is 0 Å². The molecule has 0 atom stereocenters. The van der Waals surface area contributed by atoms with Gasteiger partial charge in [0.05, 0.1) is 6.54 Å². The second kappa shape index (κ2) is 4.02. The summed E-state index contributed by atoms with van der Waals surface area (Å²) in [5.74, 6) is 3.73. The van der Waals surface area contributed by atoms with Crippen LogP contribution in [0.4, 0.5) is 0 Å². The van der Waals surface area contributed by atoms with E-state index in [1.807, 2.05) is 7.05 Å². The summed E-state index contributed by atoms with van der Waals surface area (Å²) in [6, 6.07) is 0.494. The maximum absolute atomic E-state index is 11.7. The predicted molar refractivity (Wildman–Crippen MR) is 62.9 cm³/mol. The molecule has 0 aromatic carbocycles. The minimum atomic E-state index is 0.181. The van der Waals surface area contributed by atoms with Crippen LogP contribution in [0.15, 0.2) is 0 Å². The fourth-order valence-corrected chi connectivity index (χ4v) is 4.56. The molecule has 0 aliphatic heterocycles. The van der Waals surface area contributed by atoms with Gasteiger partial charge < -0.3 is 10.6 Å². The largest absolute Gasteiger partial charge is 0.352 e. The molecule has 0 unspecified atom stereocenters. The molecular weight excluding hydrogens is 200 g/mol. The Labute approximate surface area is 97.4 Å². The topological polar surface area (TPSA) is 41.1 Å². The van der Waals surface area contributed by atoms with E-state index in [1.165, 1.54) is 32.1 Å². The van der Waals surface area contributed by atoms with Crippen molar-refractivity contribution < 1.29 is 4.79 Å². The number of nitrogens with one attached hydrogen (secondary N) is 2. The molecule has 0 spiro atoms. The van der Waals surface area contributed by atoms with Crippen molar-refractivity contribution in [3.63, 3.8) is 0 Å². The Hall–Kier alpha value is -0.570. The van der Waals surface area contributed by atoms with Crippen molar-refractivity contribution in [1.82, 2.24) is 10.6 Å². The highest BCUT2D eigenvalue weighted by molar-refractivity contribution is 5.78. The molecule has 90 valence electrons. The molecule has 3 nitrogen and oxygen atoms in total. The molecule has 0 radical (unpaired) electrons. The molecule has 4 aliphatic carbocycles. The van der Waals surface area contributed by atoms with E-state index in [2.05, 4.69) is 10.6 Å². The molecule has 4 fully saturated rings. The Morgan fingerprint density at radius 3 is 2.12 bits per heavy atom. The second-order valence-corrected chi connectivity index (χ2v) is 6.05. The molecule has 0 aromatic heterocycles. The van der Waals surface area contributed by atoms with Crippen LogP contribution < -0.4 is 10.6 Å². The van der Waals surface area contributed by atoms with Crippen LogP contribution in [0.3, 0.4) is 0 Å². The zero-order chi connectivity index (χ0) is 11.1. The maximum Gasteiger partial charge on any atom is 0.234 e. The number of carbonyl (C=O) groups excluding carboxylic acids is 1. The Kier molecular flexibility index (Phi) is 2.66. The molecule has 4 rings (SSSR count). The van der Waals surface area contributed by atoms with Gasteiger partial charge in [-0.3, -0.25) is 4.79 Å². The van der Waals surface area contributed by atoms with Crippen molar-refractivity contribution in [2.24, 2.45) is 23.7 Å². The monoisotopic (exact) mass is 222 g/mol. The van der Waals surface area contributed by atoms with E-state index in [-0.39, 0.29) is 5.91 Å². The summed E-state index contributed by atoms with van der Waals surface area (Å²) < 4.78 is 0. The molecule has 4 saturated carbocycles. The van der Waals surface area contributed by atoms with Crippen molar-refractivity contribution in [3.8, 4) is 0 Å². The van der Waals surface area contributed by atoms with Crippen LogP contribution in [0, 0.1) is 23.7 Å². The van der Waals surface area contributed by atoms with Crippen molar-refractivity contribution in [2.75, 3.05) is 13.6 Å². The quantitative estimate of drug-likeness (QED) is 0.752. The Morgan fingerprint density at radius 1 is 1.06 bits per heavy atom. The van der Waals surface area contributed by atoms with Gasteiger partial charge in [-0.05, 0) is 62.8 Å². The van der Waals surface area contributed by atoms with E-state index in [0.29, 0.717) is 12.6 Å². The van der Waals surface area contributed by atoms with Crippen molar-refractivity contribution in [2.45, 2.75) is 38.1 Å². The lowest BCUT2D eigenvalue weighted by Gasteiger charge is -2.54. The summed E-state index contributed by atoms with van der Waals surface area (Å²) in [4.78, 5) is 11.7. The fraction of sp³-hybridized carbons (Fsp3) is 0.923. The molecular formula is C13H22N2O. The molecule has 0 aromatic rings. The summed E-state index contributed by atoms with van der Waals surface area (Å²) in [5, 5.41) is 6.19. The number of rotatable bonds is 3. The van der Waals surface area contributed by atoms with Gasteiger partial charge in [0.1, 0.15) is 0 Å². The first kappa shape index (κ1) is 10.6. The first-order valence-corrected chi connectivity index (χ1v) is 6.70. The van der Waals surface area contributed by atoms with Gasteiger partial charge in [0.2, 0.25) is 5.91 Å². The van der Waals surface area contributed by atoms with Crippen LogP contribution in [0.25, 0.3) is 0 Å². The molecule has 2 N–H and O–H groups in total. The highest BCUT2D eigenvalue weighted by Gasteiger charge is 2.48. The summed E-state index contributed by atoms with van der Waals surface area (Å²) in [7, 11) is 1.83. The summed E-state index contributed by atoms with van der Waals surface area (Å²) >= 11 is 0. The smallest absolute Gasteiger partial charge is 0.234 e. The third-order valence-electron chi connectivity index (χ3n) is 4.89. The first-order valence-electron chi connectivity index (χ1n) is 6.70. The number of likely N-dealkylation sites (N-methyl/N-ethyl adjacent to an activating group) is 1. The summed E-state index contributed by atoms with van der Waals surface area (Å²) in [5.41, 5.74) is 0. The van der Waals surface area contributed by atoms with E-state index in [4.69, 9.17) is 0 Å². The minimum Gasteiger partial charge on any atom is -0.352 e. The Bertz CT molecular complexity index is 262. The van der Waals surface area contributed by atoms with E-state index >= 15 is 0 Å². The molecule has 0 heterocycles. The van der Waals surface area contributed by atoms with Crippen LogP contribution in [-0.2, 0) is 4.79 Å². The lowest BCUT2D eigenvalue weighted by Crippen LogP contribution is -2.56. The van der Waals surface area contributed by atoms with Gasteiger partial charge >= 0.3 is 0 Å². The second-order valence-electron chi connectivity index (χ2n) is 6.05. The van der Waals surface area contributed by atoms with E-state index in [9.17, 15) is 4.79 Å². The van der Waals surface area contributed by atoms with Crippen molar-refractivity contribution in [3.05, 3.63) is 0 Å². The third-order valence-corrected chi connectivity index (χ3v) is 4.89. The van der Waals surface area contributed by atoms with Crippen molar-refractivity contribution in [1.29, 1.82) is 0 Å². The fourth-order valence-electron chi connectivity index (χ4n) is 4.56. The normalized spacial score (nSPS) is 44.7. The van der Waals surface area contributed by atoms with Crippen LogP contribution >= 0.6 is 0 Å². The Balaban J connectivity index is 1.65. The first-order chi connectivity index (χ1) is 7.76. The zero-order valence-electron chi connectivity index (χ0n) is 10.0. The standard InChI is InChI=1S/C13H22N2O/c1-14-7-12(16)15-13-10-3-8-2-9(5-10)6-11(13)4-8/h8-11,13-14H,2-7H2,1H3,(H,15,16). The summed E-state index contributed by atoms with van der Waals surface area (Å²) in [6.07, 6.45) is 6.97. The number of hydrogen-bond donors (Lipinski definition) is 2. The van der Waals surface area contributed by atoms with Gasteiger partial charge in [0, 0.05) is 6.04 Å². The Morgan fingerprint density at radius 2 is 1.62 bits per heavy atom. The highest BCUT2D eigenvalue weighted by atomic mass is 16.1. The lowest BCUT2D eigenvalue weighted by molar-refractivity contribution is -0.124. The van der Waals surface area contributed by atoms with Gasteiger partial charge in [-0.25, -0.2) is 0 Å². The maximum atomic E-state index is 11.7. The molecule has 4 aliphatic rings. The van der Waals surface area contributed by atoms with E-state index in [1.54, 1.807) is 0 Å². The van der Waals surface area contributed by atoms with Gasteiger partial charge in [0.15, 0.2) is 0 Å². The number of carbonyl (C=O) groups is 1. The zero-order valence-corrected chi connectivity index (χ0v) is 10.0. The van der Waals surface area contributed by atoms with Gasteiger partial charge in [0.25, 0.3) is 0 Å². The van der Waals surface area contributed by atoms with Gasteiger partial charge in [-0.15, -0.1) is 0 Å². The predicted octanol–water partition coefficient (Wildman–Crippen LogP) is 1.15. The SMILES string of the molecule is CNCC(=O)NC1C2CC3CC(C2)CC1C3. The third kappa shape index (κ3) is 1.75.